The van der Waals surface area contributed by atoms with E-state index in [0.29, 0.717) is 5.92 Å². The van der Waals surface area contributed by atoms with Gasteiger partial charge in [-0.25, -0.2) is 0 Å². The van der Waals surface area contributed by atoms with Crippen LogP contribution in [0.15, 0.2) is 54.6 Å². The third kappa shape index (κ3) is 2.91. The lowest BCUT2D eigenvalue weighted by Gasteiger charge is -2.18. The van der Waals surface area contributed by atoms with Gasteiger partial charge in [0, 0.05) is 30.5 Å². The predicted octanol–water partition coefficient (Wildman–Crippen LogP) is 3.52. The van der Waals surface area contributed by atoms with Crippen molar-refractivity contribution in [2.45, 2.75) is 12.8 Å². The first-order chi connectivity index (χ1) is 10.1. The highest BCUT2D eigenvalue weighted by Crippen LogP contribution is 2.34. The van der Waals surface area contributed by atoms with Crippen LogP contribution in [-0.4, -0.2) is 30.8 Å². The number of ketones is 1. The van der Waals surface area contributed by atoms with Gasteiger partial charge in [0.15, 0.2) is 5.78 Å². The fourth-order valence-electron chi connectivity index (χ4n) is 3.24. The van der Waals surface area contributed by atoms with E-state index in [9.17, 15) is 4.79 Å². The first-order valence-corrected chi connectivity index (χ1v) is 7.49. The highest BCUT2D eigenvalue weighted by atomic mass is 16.1. The molecule has 0 unspecified atom stereocenters. The molecule has 2 aromatic rings. The van der Waals surface area contributed by atoms with Crippen LogP contribution >= 0.6 is 0 Å². The van der Waals surface area contributed by atoms with Crippen molar-refractivity contribution in [2.24, 2.45) is 5.92 Å². The van der Waals surface area contributed by atoms with E-state index < -0.39 is 0 Å². The molecule has 2 aromatic carbocycles. The van der Waals surface area contributed by atoms with Gasteiger partial charge in [-0.15, -0.1) is 0 Å². The molecule has 0 radical (unpaired) electrons. The average molecular weight is 279 g/mol. The highest BCUT2D eigenvalue weighted by molar-refractivity contribution is 5.98. The molecule has 1 heterocycles. The summed E-state index contributed by atoms with van der Waals surface area (Å²) in [5.41, 5.74) is 3.30. The van der Waals surface area contributed by atoms with Crippen molar-refractivity contribution in [2.75, 3.05) is 20.1 Å². The molecule has 1 aliphatic heterocycles. The number of Topliss-reactive ketones (excluding diaryl/α,β-unsaturated/α-hetero) is 1. The van der Waals surface area contributed by atoms with Gasteiger partial charge in [-0.3, -0.25) is 4.79 Å². The fraction of sp³-hybridized carbons (Fsp3) is 0.316. The van der Waals surface area contributed by atoms with Gasteiger partial charge in [-0.1, -0.05) is 60.2 Å². The van der Waals surface area contributed by atoms with E-state index in [2.05, 4.69) is 36.2 Å². The van der Waals surface area contributed by atoms with Crippen molar-refractivity contribution in [3.8, 4) is 0 Å². The molecule has 0 N–H and O–H groups in total. The smallest absolute Gasteiger partial charge is 0.167 e. The Morgan fingerprint density at radius 2 is 1.67 bits per heavy atom. The van der Waals surface area contributed by atoms with Crippen LogP contribution in [0.1, 0.15) is 27.4 Å². The van der Waals surface area contributed by atoms with Crippen molar-refractivity contribution in [1.82, 2.24) is 4.90 Å². The van der Waals surface area contributed by atoms with Crippen LogP contribution in [-0.2, 0) is 0 Å². The molecular weight excluding hydrogens is 258 g/mol. The van der Waals surface area contributed by atoms with E-state index in [1.165, 1.54) is 11.1 Å². The van der Waals surface area contributed by atoms with E-state index in [1.54, 1.807) is 0 Å². The normalized spacial score (nSPS) is 22.4. The van der Waals surface area contributed by atoms with Gasteiger partial charge in [-0.05, 0) is 19.5 Å². The maximum absolute atomic E-state index is 12.9. The summed E-state index contributed by atoms with van der Waals surface area (Å²) in [4.78, 5) is 15.1. The van der Waals surface area contributed by atoms with Crippen LogP contribution < -0.4 is 0 Å². The molecule has 0 amide bonds. The second kappa shape index (κ2) is 5.82. The van der Waals surface area contributed by atoms with E-state index >= 15 is 0 Å². The first kappa shape index (κ1) is 14.0. The number of likely N-dealkylation sites (tertiary alicyclic amines) is 1. The summed E-state index contributed by atoms with van der Waals surface area (Å²) in [6.45, 7) is 3.84. The number of carbonyl (C=O) groups is 1. The number of nitrogens with zero attached hydrogens (tertiary/aromatic N) is 1. The van der Waals surface area contributed by atoms with Crippen molar-refractivity contribution in [1.29, 1.82) is 0 Å². The molecule has 1 saturated heterocycles. The predicted molar refractivity (Wildman–Crippen MR) is 85.7 cm³/mol. The number of aryl methyl sites for hydroxylation is 1. The molecule has 0 saturated carbocycles. The minimum Gasteiger partial charge on any atom is -0.305 e. The van der Waals surface area contributed by atoms with Crippen LogP contribution in [0.4, 0.5) is 0 Å². The monoisotopic (exact) mass is 279 g/mol. The number of carbonyl (C=O) groups excluding carboxylic acids is 1. The number of likely N-dealkylation sites (N-methyl/N-ethyl adjacent to an activating group) is 1. The topological polar surface area (TPSA) is 20.3 Å². The van der Waals surface area contributed by atoms with Gasteiger partial charge in [0.05, 0.1) is 0 Å². The second-order valence-corrected chi connectivity index (χ2v) is 6.08. The molecule has 21 heavy (non-hydrogen) atoms. The third-order valence-electron chi connectivity index (χ3n) is 4.40. The van der Waals surface area contributed by atoms with Gasteiger partial charge in [0.1, 0.15) is 0 Å². The molecule has 1 aliphatic rings. The standard InChI is InChI=1S/C19H21NO/c1-14-8-10-16(11-9-14)19(21)18-13-20(2)12-17(18)15-6-4-3-5-7-15/h3-11,17-18H,12-13H2,1-2H3/t17-,18+/m1/s1. The van der Waals surface area contributed by atoms with Gasteiger partial charge in [0.2, 0.25) is 0 Å². The summed E-state index contributed by atoms with van der Waals surface area (Å²) in [5, 5.41) is 0. The van der Waals surface area contributed by atoms with E-state index in [-0.39, 0.29) is 11.7 Å². The summed E-state index contributed by atoms with van der Waals surface area (Å²) in [6.07, 6.45) is 0. The van der Waals surface area contributed by atoms with Crippen molar-refractivity contribution >= 4 is 5.78 Å². The Labute approximate surface area is 126 Å². The van der Waals surface area contributed by atoms with Gasteiger partial charge >= 0.3 is 0 Å². The number of hydrogen-bond acceptors (Lipinski definition) is 2. The number of rotatable bonds is 3. The second-order valence-electron chi connectivity index (χ2n) is 6.08. The zero-order chi connectivity index (χ0) is 14.8. The molecule has 2 nitrogen and oxygen atoms in total. The Bertz CT molecular complexity index is 618. The van der Waals surface area contributed by atoms with Crippen LogP contribution in [0, 0.1) is 12.8 Å². The fourth-order valence-corrected chi connectivity index (χ4v) is 3.24. The van der Waals surface area contributed by atoms with Crippen molar-refractivity contribution < 1.29 is 4.79 Å². The summed E-state index contributed by atoms with van der Waals surface area (Å²) in [6, 6.07) is 18.4. The molecular formula is C19H21NO. The first-order valence-electron chi connectivity index (χ1n) is 7.49. The lowest BCUT2D eigenvalue weighted by molar-refractivity contribution is 0.0915. The SMILES string of the molecule is Cc1ccc(C(=O)[C@H]2CN(C)C[C@@H]2c2ccccc2)cc1. The van der Waals surface area contributed by atoms with Crippen molar-refractivity contribution in [3.63, 3.8) is 0 Å². The summed E-state index contributed by atoms with van der Waals surface area (Å²) in [7, 11) is 2.10. The molecule has 0 bridgehead atoms. The lowest BCUT2D eigenvalue weighted by atomic mass is 9.84. The molecule has 108 valence electrons. The van der Waals surface area contributed by atoms with Crippen LogP contribution in [0.3, 0.4) is 0 Å². The summed E-state index contributed by atoms with van der Waals surface area (Å²) in [5.74, 6) is 0.623. The molecule has 2 atom stereocenters. The number of hydrogen-bond donors (Lipinski definition) is 0. The molecule has 2 heteroatoms. The Hall–Kier alpha value is -1.93. The van der Waals surface area contributed by atoms with E-state index in [4.69, 9.17) is 0 Å². The summed E-state index contributed by atoms with van der Waals surface area (Å²) < 4.78 is 0. The van der Waals surface area contributed by atoms with Crippen LogP contribution in [0.2, 0.25) is 0 Å². The Balaban J connectivity index is 1.88. The minimum atomic E-state index is 0.0557. The Morgan fingerprint density at radius 3 is 2.33 bits per heavy atom. The quantitative estimate of drug-likeness (QED) is 0.801. The van der Waals surface area contributed by atoms with Gasteiger partial charge in [-0.2, -0.15) is 0 Å². The number of benzene rings is 2. The van der Waals surface area contributed by atoms with E-state index in [0.717, 1.165) is 18.7 Å². The van der Waals surface area contributed by atoms with Crippen LogP contribution in [0.25, 0.3) is 0 Å². The van der Waals surface area contributed by atoms with E-state index in [1.807, 2.05) is 37.3 Å². The lowest BCUT2D eigenvalue weighted by Crippen LogP contribution is -2.22. The maximum Gasteiger partial charge on any atom is 0.167 e. The van der Waals surface area contributed by atoms with Gasteiger partial charge in [0.25, 0.3) is 0 Å². The Kier molecular flexibility index (Phi) is 3.89. The van der Waals surface area contributed by atoms with Crippen LogP contribution in [0.5, 0.6) is 0 Å². The molecule has 0 aromatic heterocycles. The summed E-state index contributed by atoms with van der Waals surface area (Å²) >= 11 is 0. The Morgan fingerprint density at radius 1 is 1.00 bits per heavy atom. The molecule has 3 rings (SSSR count). The zero-order valence-corrected chi connectivity index (χ0v) is 12.6. The highest BCUT2D eigenvalue weighted by Gasteiger charge is 2.37. The third-order valence-corrected chi connectivity index (χ3v) is 4.40. The zero-order valence-electron chi connectivity index (χ0n) is 12.6. The van der Waals surface area contributed by atoms with Crippen molar-refractivity contribution in [3.05, 3.63) is 71.3 Å². The minimum absolute atomic E-state index is 0.0557. The maximum atomic E-state index is 12.9. The largest absolute Gasteiger partial charge is 0.305 e. The molecule has 1 fully saturated rings. The average Bonchev–Trinajstić information content (AvgIpc) is 2.90. The molecule has 0 aliphatic carbocycles. The van der Waals surface area contributed by atoms with Gasteiger partial charge < -0.3 is 4.90 Å². The molecule has 0 spiro atoms.